The van der Waals surface area contributed by atoms with Crippen molar-refractivity contribution in [3.8, 4) is 0 Å². The molecule has 0 fully saturated rings. The van der Waals surface area contributed by atoms with Crippen molar-refractivity contribution in [2.75, 3.05) is 14.2 Å². The Labute approximate surface area is 217 Å². The predicted molar refractivity (Wildman–Crippen MR) is 165 cm³/mol. The van der Waals surface area contributed by atoms with Gasteiger partial charge in [-0.1, -0.05) is 44.6 Å². The maximum atomic E-state index is 6.51. The Kier molecular flexibility index (Phi) is 26.9. The maximum absolute atomic E-state index is 6.51. The lowest BCUT2D eigenvalue weighted by Crippen LogP contribution is -2.69. The Balaban J connectivity index is -0.000000225. The SMILES string of the molecule is C.C.C.C.C.C.CO[Si](O[Si](C)(C)C)(O[Si](C)(C)C)O[Si](OC)(O[Si](C)(C)C)O[Si](C)(C)C. The van der Waals surface area contributed by atoms with Gasteiger partial charge in [0.05, 0.1) is 0 Å². The predicted octanol–water partition coefficient (Wildman–Crippen LogP) is 8.39. The van der Waals surface area contributed by atoms with Gasteiger partial charge in [0.1, 0.15) is 0 Å². The van der Waals surface area contributed by atoms with Gasteiger partial charge in [-0.3, -0.25) is 0 Å². The molecular weight excluding hydrogens is 521 g/mol. The molecular formula is C20H66O7Si6. The highest BCUT2D eigenvalue weighted by Gasteiger charge is 2.63. The van der Waals surface area contributed by atoms with Crippen LogP contribution in [0.2, 0.25) is 78.6 Å². The lowest BCUT2D eigenvalue weighted by Gasteiger charge is -2.43. The van der Waals surface area contributed by atoms with E-state index in [2.05, 4.69) is 78.6 Å². The van der Waals surface area contributed by atoms with Gasteiger partial charge in [-0.05, 0) is 78.6 Å². The molecule has 0 saturated carbocycles. The topological polar surface area (TPSA) is 64.6 Å². The van der Waals surface area contributed by atoms with Crippen LogP contribution in [-0.2, 0) is 29.4 Å². The second kappa shape index (κ2) is 17.5. The van der Waals surface area contributed by atoms with Crippen LogP contribution in [0.5, 0.6) is 0 Å². The minimum absolute atomic E-state index is 0. The molecule has 13 heteroatoms. The Morgan fingerprint density at radius 2 is 0.455 bits per heavy atom. The van der Waals surface area contributed by atoms with Gasteiger partial charge >= 0.3 is 18.1 Å². The third-order valence-electron chi connectivity index (χ3n) is 2.47. The quantitative estimate of drug-likeness (QED) is 0.213. The molecule has 0 spiro atoms. The van der Waals surface area contributed by atoms with E-state index >= 15 is 0 Å². The summed E-state index contributed by atoms with van der Waals surface area (Å²) in [6, 6.07) is 0. The van der Waals surface area contributed by atoms with Crippen molar-refractivity contribution >= 4 is 51.4 Å². The molecule has 0 aliphatic carbocycles. The van der Waals surface area contributed by atoms with E-state index in [4.69, 9.17) is 29.4 Å². The molecule has 7 nitrogen and oxygen atoms in total. The fourth-order valence-electron chi connectivity index (χ4n) is 2.03. The van der Waals surface area contributed by atoms with Crippen LogP contribution in [0, 0.1) is 0 Å². The standard InChI is InChI=1S/C14H42O7Si6.6CH4/c1-15-26(17-22(3,4)5,18-23(6,7)8)21-27(16-2,19-24(9,10)11)20-25(12,13)14;;;;;;/h1-14H3;6*1H4. The third kappa shape index (κ3) is 23.2. The monoisotopic (exact) mass is 586 g/mol. The van der Waals surface area contributed by atoms with Crippen molar-refractivity contribution in [2.24, 2.45) is 0 Å². The van der Waals surface area contributed by atoms with Crippen molar-refractivity contribution in [1.29, 1.82) is 0 Å². The summed E-state index contributed by atoms with van der Waals surface area (Å²) < 4.78 is 43.8. The van der Waals surface area contributed by atoms with Crippen LogP contribution in [0.1, 0.15) is 44.6 Å². The molecule has 0 aromatic carbocycles. The molecule has 0 bridgehead atoms. The minimum atomic E-state index is -3.54. The zero-order chi connectivity index (χ0) is 21.9. The smallest absolute Gasteiger partial charge is 0.395 e. The van der Waals surface area contributed by atoms with E-state index < -0.39 is 51.4 Å². The van der Waals surface area contributed by atoms with Gasteiger partial charge in [-0.2, -0.15) is 0 Å². The molecule has 0 aliphatic heterocycles. The molecule has 33 heavy (non-hydrogen) atoms. The molecule has 0 heterocycles. The van der Waals surface area contributed by atoms with Crippen molar-refractivity contribution in [2.45, 2.75) is 123 Å². The minimum Gasteiger partial charge on any atom is -0.395 e. The first kappa shape index (κ1) is 50.8. The highest BCUT2D eigenvalue weighted by Crippen LogP contribution is 2.30. The van der Waals surface area contributed by atoms with Crippen LogP contribution in [0.4, 0.5) is 0 Å². The van der Waals surface area contributed by atoms with Gasteiger partial charge in [0, 0.05) is 14.2 Å². The summed E-state index contributed by atoms with van der Waals surface area (Å²) >= 11 is 0. The fraction of sp³-hybridized carbons (Fsp3) is 1.00. The Hall–Kier alpha value is 1.02. The second-order valence-corrected chi connectivity index (χ2v) is 34.2. The molecule has 0 aliphatic rings. The van der Waals surface area contributed by atoms with E-state index in [0.29, 0.717) is 0 Å². The lowest BCUT2D eigenvalue weighted by atomic mass is 11.8. The number of rotatable bonds is 12. The van der Waals surface area contributed by atoms with Gasteiger partial charge in [-0.25, -0.2) is 0 Å². The first-order valence-electron chi connectivity index (χ1n) is 9.27. The van der Waals surface area contributed by atoms with Gasteiger partial charge in [0.15, 0.2) is 33.3 Å². The van der Waals surface area contributed by atoms with Crippen molar-refractivity contribution in [3.05, 3.63) is 0 Å². The van der Waals surface area contributed by atoms with Gasteiger partial charge in [0.2, 0.25) is 0 Å². The summed E-state index contributed by atoms with van der Waals surface area (Å²) in [6.07, 6.45) is 0. The fourth-order valence-corrected chi connectivity index (χ4v) is 20.5. The zero-order valence-corrected chi connectivity index (χ0v) is 25.9. The summed E-state index contributed by atoms with van der Waals surface area (Å²) in [7, 11) is -12.2. The highest BCUT2D eigenvalue weighted by atomic mass is 28.6. The largest absolute Gasteiger partial charge is 0.652 e. The lowest BCUT2D eigenvalue weighted by molar-refractivity contribution is 0.0317. The van der Waals surface area contributed by atoms with E-state index in [0.717, 1.165) is 0 Å². The number of hydrogen-bond acceptors (Lipinski definition) is 7. The Bertz CT molecular complexity index is 395. The van der Waals surface area contributed by atoms with Crippen LogP contribution < -0.4 is 0 Å². The summed E-state index contributed by atoms with van der Waals surface area (Å²) in [5, 5.41) is 0. The molecule has 0 radical (unpaired) electrons. The van der Waals surface area contributed by atoms with Gasteiger partial charge in [-0.15, -0.1) is 0 Å². The van der Waals surface area contributed by atoms with Crippen LogP contribution in [0.25, 0.3) is 0 Å². The van der Waals surface area contributed by atoms with Crippen LogP contribution in [-0.4, -0.2) is 65.6 Å². The molecule has 0 atom stereocenters. The van der Waals surface area contributed by atoms with Crippen LogP contribution in [0.15, 0.2) is 0 Å². The van der Waals surface area contributed by atoms with E-state index in [-0.39, 0.29) is 44.6 Å². The van der Waals surface area contributed by atoms with Gasteiger partial charge < -0.3 is 29.4 Å². The molecule has 0 aromatic rings. The van der Waals surface area contributed by atoms with Crippen molar-refractivity contribution in [1.82, 2.24) is 0 Å². The maximum Gasteiger partial charge on any atom is 0.652 e. The molecule has 212 valence electrons. The summed E-state index contributed by atoms with van der Waals surface area (Å²) in [5.41, 5.74) is 0. The third-order valence-corrected chi connectivity index (χ3v) is 19.3. The normalized spacial score (nSPS) is 12.5. The van der Waals surface area contributed by atoms with E-state index in [9.17, 15) is 0 Å². The summed E-state index contributed by atoms with van der Waals surface area (Å²) in [4.78, 5) is 0. The molecule has 0 saturated heterocycles. The Morgan fingerprint density at radius 3 is 0.545 bits per heavy atom. The molecule has 0 N–H and O–H groups in total. The van der Waals surface area contributed by atoms with E-state index in [1.54, 1.807) is 14.2 Å². The van der Waals surface area contributed by atoms with E-state index in [1.165, 1.54) is 0 Å². The molecule has 0 aromatic heterocycles. The highest BCUT2D eigenvalue weighted by molar-refractivity contribution is 6.89. The summed E-state index contributed by atoms with van der Waals surface area (Å²) in [5.74, 6) is 0. The first-order valence-corrected chi connectivity index (χ1v) is 26.2. The second-order valence-electron chi connectivity index (χ2n) is 10.4. The Morgan fingerprint density at radius 1 is 0.303 bits per heavy atom. The van der Waals surface area contributed by atoms with Crippen molar-refractivity contribution < 1.29 is 29.4 Å². The zero-order valence-electron chi connectivity index (χ0n) is 19.9. The average Bonchev–Trinajstić information content (AvgIpc) is 2.29. The number of hydrogen-bond donors (Lipinski definition) is 0. The molecule has 0 unspecified atom stereocenters. The van der Waals surface area contributed by atoms with E-state index in [1.807, 2.05) is 0 Å². The first-order chi connectivity index (χ1) is 11.7. The summed E-state index contributed by atoms with van der Waals surface area (Å²) in [6.45, 7) is 25.0. The van der Waals surface area contributed by atoms with Crippen molar-refractivity contribution in [3.63, 3.8) is 0 Å². The van der Waals surface area contributed by atoms with Gasteiger partial charge in [0.25, 0.3) is 0 Å². The molecule has 0 rings (SSSR count). The average molecular weight is 587 g/mol. The van der Waals surface area contributed by atoms with Crippen LogP contribution >= 0.6 is 0 Å². The molecule has 0 amide bonds. The van der Waals surface area contributed by atoms with Crippen LogP contribution in [0.3, 0.4) is 0 Å².